The van der Waals surface area contributed by atoms with Gasteiger partial charge in [-0.2, -0.15) is 5.26 Å². The van der Waals surface area contributed by atoms with Gasteiger partial charge in [-0.1, -0.05) is 36.4 Å². The highest BCUT2D eigenvalue weighted by molar-refractivity contribution is 5.80. The van der Waals surface area contributed by atoms with Crippen molar-refractivity contribution in [3.63, 3.8) is 0 Å². The summed E-state index contributed by atoms with van der Waals surface area (Å²) in [6.07, 6.45) is 0.0541. The van der Waals surface area contributed by atoms with Gasteiger partial charge in [-0.05, 0) is 35.7 Å². The van der Waals surface area contributed by atoms with Gasteiger partial charge in [0.05, 0.1) is 24.8 Å². The lowest BCUT2D eigenvalue weighted by molar-refractivity contribution is -0.00833. The lowest BCUT2D eigenvalue weighted by atomic mass is 10.0. The largest absolute Gasteiger partial charge is 0.370 e. The molecule has 0 amide bonds. The third-order valence-corrected chi connectivity index (χ3v) is 4.65. The van der Waals surface area contributed by atoms with Crippen LogP contribution in [0.2, 0.25) is 0 Å². The van der Waals surface area contributed by atoms with Gasteiger partial charge in [0.25, 0.3) is 0 Å². The maximum Gasteiger partial charge on any atom is 0.194 e. The molecule has 26 heavy (non-hydrogen) atoms. The van der Waals surface area contributed by atoms with Crippen LogP contribution in [0.4, 0.5) is 0 Å². The number of hydrogen-bond acceptors (Lipinski definition) is 3. The fourth-order valence-corrected chi connectivity index (χ4v) is 3.19. The fraction of sp³-hybridized carbons (Fsp3) is 0.333. The summed E-state index contributed by atoms with van der Waals surface area (Å²) in [5.41, 5.74) is 4.28. The number of nitrogens with one attached hydrogen (secondary N) is 1. The maximum absolute atomic E-state index is 8.89. The number of nitriles is 1. The van der Waals surface area contributed by atoms with Gasteiger partial charge in [-0.15, -0.1) is 0 Å². The van der Waals surface area contributed by atoms with Crippen LogP contribution in [0.1, 0.15) is 28.4 Å². The summed E-state index contributed by atoms with van der Waals surface area (Å²) in [5, 5.41) is 12.3. The Hall–Kier alpha value is -2.84. The molecule has 5 heteroatoms. The second-order valence-electron chi connectivity index (χ2n) is 6.37. The van der Waals surface area contributed by atoms with Crippen molar-refractivity contribution < 1.29 is 4.74 Å². The van der Waals surface area contributed by atoms with Crippen LogP contribution in [-0.4, -0.2) is 37.6 Å². The highest BCUT2D eigenvalue weighted by Gasteiger charge is 2.25. The van der Waals surface area contributed by atoms with Crippen LogP contribution in [-0.2, 0) is 11.3 Å². The predicted octanol–water partition coefficient (Wildman–Crippen LogP) is 3.02. The first-order chi connectivity index (χ1) is 12.7. The van der Waals surface area contributed by atoms with Crippen LogP contribution in [0.25, 0.3) is 0 Å². The zero-order valence-electron chi connectivity index (χ0n) is 15.3. The Kier molecular flexibility index (Phi) is 5.88. The van der Waals surface area contributed by atoms with Gasteiger partial charge in [-0.25, -0.2) is 0 Å². The summed E-state index contributed by atoms with van der Waals surface area (Å²) in [4.78, 5) is 6.67. The number of benzene rings is 2. The molecule has 0 bridgehead atoms. The molecule has 0 radical (unpaired) electrons. The molecule has 1 unspecified atom stereocenters. The van der Waals surface area contributed by atoms with Crippen molar-refractivity contribution in [2.24, 2.45) is 4.99 Å². The third kappa shape index (κ3) is 4.22. The van der Waals surface area contributed by atoms with Crippen LogP contribution >= 0.6 is 0 Å². The molecule has 1 aliphatic heterocycles. The summed E-state index contributed by atoms with van der Waals surface area (Å²) in [6, 6.07) is 18.1. The molecule has 0 aromatic heterocycles. The molecule has 1 N–H and O–H groups in total. The van der Waals surface area contributed by atoms with E-state index in [1.807, 2.05) is 24.3 Å². The molecule has 134 valence electrons. The Balaban J connectivity index is 1.64. The van der Waals surface area contributed by atoms with Crippen LogP contribution in [0, 0.1) is 18.3 Å². The molecule has 3 rings (SSSR count). The minimum absolute atomic E-state index is 0.0541. The van der Waals surface area contributed by atoms with Crippen molar-refractivity contribution in [2.45, 2.75) is 19.6 Å². The first kappa shape index (κ1) is 18.0. The molecular formula is C21H24N4O. The minimum atomic E-state index is 0.0541. The number of guanidine groups is 1. The lowest BCUT2D eigenvalue weighted by Crippen LogP contribution is -2.48. The first-order valence-electron chi connectivity index (χ1n) is 8.83. The van der Waals surface area contributed by atoms with Gasteiger partial charge < -0.3 is 15.0 Å². The molecule has 0 spiro atoms. The number of morpholine rings is 1. The van der Waals surface area contributed by atoms with Gasteiger partial charge in [-0.3, -0.25) is 4.99 Å². The van der Waals surface area contributed by atoms with E-state index in [0.717, 1.165) is 24.6 Å². The molecule has 0 aliphatic carbocycles. The normalized spacial score (nSPS) is 17.7. The first-order valence-corrected chi connectivity index (χ1v) is 8.83. The average molecular weight is 348 g/mol. The zero-order valence-corrected chi connectivity index (χ0v) is 15.3. The lowest BCUT2D eigenvalue weighted by Gasteiger charge is -2.35. The Bertz CT molecular complexity index is 808. The monoisotopic (exact) mass is 348 g/mol. The van der Waals surface area contributed by atoms with Crippen molar-refractivity contribution in [1.82, 2.24) is 10.2 Å². The summed E-state index contributed by atoms with van der Waals surface area (Å²) in [6.45, 7) is 5.06. The van der Waals surface area contributed by atoms with Gasteiger partial charge in [0.15, 0.2) is 5.96 Å². The van der Waals surface area contributed by atoms with Crippen molar-refractivity contribution in [2.75, 3.05) is 26.7 Å². The second kappa shape index (κ2) is 8.50. The third-order valence-electron chi connectivity index (χ3n) is 4.65. The highest BCUT2D eigenvalue weighted by atomic mass is 16.5. The fourth-order valence-electron chi connectivity index (χ4n) is 3.19. The minimum Gasteiger partial charge on any atom is -0.370 e. The average Bonchev–Trinajstić information content (AvgIpc) is 2.69. The predicted molar refractivity (Wildman–Crippen MR) is 103 cm³/mol. The number of nitrogens with zero attached hydrogens (tertiary/aromatic N) is 3. The van der Waals surface area contributed by atoms with E-state index in [0.29, 0.717) is 18.7 Å². The van der Waals surface area contributed by atoms with Crippen LogP contribution in [0.5, 0.6) is 0 Å². The quantitative estimate of drug-likeness (QED) is 0.684. The van der Waals surface area contributed by atoms with E-state index in [2.05, 4.69) is 52.5 Å². The Morgan fingerprint density at radius 3 is 2.73 bits per heavy atom. The number of rotatable bonds is 3. The summed E-state index contributed by atoms with van der Waals surface area (Å²) >= 11 is 0. The van der Waals surface area contributed by atoms with E-state index in [9.17, 15) is 0 Å². The van der Waals surface area contributed by atoms with Crippen LogP contribution in [0.15, 0.2) is 53.5 Å². The molecule has 1 saturated heterocycles. The van der Waals surface area contributed by atoms with Gasteiger partial charge in [0, 0.05) is 20.1 Å². The Morgan fingerprint density at radius 2 is 2.04 bits per heavy atom. The Morgan fingerprint density at radius 1 is 1.27 bits per heavy atom. The van der Waals surface area contributed by atoms with Crippen LogP contribution in [0.3, 0.4) is 0 Å². The molecule has 1 aliphatic rings. The van der Waals surface area contributed by atoms with Crippen LogP contribution < -0.4 is 5.32 Å². The summed E-state index contributed by atoms with van der Waals surface area (Å²) in [7, 11) is 1.80. The number of ether oxygens (including phenoxy) is 1. The standard InChI is InChI=1S/C21H24N4O/c1-16-5-3-4-6-19(16)20-15-25(11-12-26-20)21(23-2)24-14-18-9-7-17(13-22)8-10-18/h3-10,20H,11-12,14-15H2,1-2H3,(H,23,24). The van der Waals surface area contributed by atoms with Crippen molar-refractivity contribution in [3.05, 3.63) is 70.8 Å². The van der Waals surface area contributed by atoms with E-state index in [4.69, 9.17) is 10.00 Å². The Labute approximate surface area is 154 Å². The summed E-state index contributed by atoms with van der Waals surface area (Å²) in [5.74, 6) is 0.872. The molecule has 2 aromatic rings. The van der Waals surface area contributed by atoms with Gasteiger partial charge >= 0.3 is 0 Å². The number of aryl methyl sites for hydroxylation is 1. The summed E-state index contributed by atoms with van der Waals surface area (Å²) < 4.78 is 6.00. The topological polar surface area (TPSA) is 60.7 Å². The molecule has 1 heterocycles. The van der Waals surface area contributed by atoms with Gasteiger partial charge in [0.1, 0.15) is 6.10 Å². The molecule has 2 aromatic carbocycles. The highest BCUT2D eigenvalue weighted by Crippen LogP contribution is 2.25. The molecule has 1 atom stereocenters. The van der Waals surface area contributed by atoms with Gasteiger partial charge in [0.2, 0.25) is 0 Å². The van der Waals surface area contributed by atoms with E-state index in [-0.39, 0.29) is 6.10 Å². The van der Waals surface area contributed by atoms with Crippen molar-refractivity contribution in [3.8, 4) is 6.07 Å². The smallest absolute Gasteiger partial charge is 0.194 e. The molecular weight excluding hydrogens is 324 g/mol. The number of hydrogen-bond donors (Lipinski definition) is 1. The van der Waals surface area contributed by atoms with E-state index >= 15 is 0 Å². The van der Waals surface area contributed by atoms with E-state index < -0.39 is 0 Å². The SMILES string of the molecule is CN=C(NCc1ccc(C#N)cc1)N1CCOC(c2ccccc2C)C1. The zero-order chi connectivity index (χ0) is 18.4. The second-order valence-corrected chi connectivity index (χ2v) is 6.37. The molecule has 5 nitrogen and oxygen atoms in total. The van der Waals surface area contributed by atoms with Crippen molar-refractivity contribution >= 4 is 5.96 Å². The maximum atomic E-state index is 8.89. The molecule has 1 fully saturated rings. The number of aliphatic imine (C=N–C) groups is 1. The molecule has 0 saturated carbocycles. The van der Waals surface area contributed by atoms with Crippen molar-refractivity contribution in [1.29, 1.82) is 5.26 Å². The van der Waals surface area contributed by atoms with E-state index in [1.165, 1.54) is 11.1 Å². The van der Waals surface area contributed by atoms with E-state index in [1.54, 1.807) is 7.05 Å².